The van der Waals surface area contributed by atoms with E-state index in [1.165, 1.54) is 18.4 Å². The lowest BCUT2D eigenvalue weighted by molar-refractivity contribution is 0.180. The van der Waals surface area contributed by atoms with Crippen LogP contribution in [0.4, 0.5) is 0 Å². The number of nitrogens with zero attached hydrogens (tertiary/aromatic N) is 2. The number of methoxy groups -OCH3 is 1. The van der Waals surface area contributed by atoms with Crippen LogP contribution in [0.2, 0.25) is 0 Å². The summed E-state index contributed by atoms with van der Waals surface area (Å²) in [7, 11) is 1.66. The smallest absolute Gasteiger partial charge is 0.267 e. The Balaban J connectivity index is 1.46. The number of rotatable bonds is 6. The van der Waals surface area contributed by atoms with E-state index in [2.05, 4.69) is 10.4 Å². The second-order valence-corrected chi connectivity index (χ2v) is 6.76. The summed E-state index contributed by atoms with van der Waals surface area (Å²) in [6.45, 7) is 1.81. The molecular weight excluding hydrogens is 318 g/mol. The first-order chi connectivity index (χ1) is 12.2. The molecule has 2 aromatic rings. The summed E-state index contributed by atoms with van der Waals surface area (Å²) in [6.07, 6.45) is 2.34. The van der Waals surface area contributed by atoms with Crippen molar-refractivity contribution in [3.05, 3.63) is 58.0 Å². The summed E-state index contributed by atoms with van der Waals surface area (Å²) in [4.78, 5) is 12.3. The highest BCUT2D eigenvalue weighted by molar-refractivity contribution is 5.27. The predicted octanol–water partition coefficient (Wildman–Crippen LogP) is 1.86. The largest absolute Gasteiger partial charge is 0.497 e. The normalized spacial score (nSPS) is 22.9. The molecule has 0 spiro atoms. The minimum Gasteiger partial charge on any atom is -0.497 e. The van der Waals surface area contributed by atoms with Gasteiger partial charge < -0.3 is 14.8 Å². The first kappa shape index (κ1) is 16.3. The average molecular weight is 341 g/mol. The first-order valence-electron chi connectivity index (χ1n) is 8.78. The van der Waals surface area contributed by atoms with E-state index in [4.69, 9.17) is 9.47 Å². The molecule has 1 aliphatic carbocycles. The van der Waals surface area contributed by atoms with Crippen molar-refractivity contribution in [2.24, 2.45) is 0 Å². The number of aromatic nitrogens is 2. The second-order valence-electron chi connectivity index (χ2n) is 6.76. The highest BCUT2D eigenvalue weighted by Crippen LogP contribution is 2.38. The molecule has 1 saturated carbocycles. The molecule has 2 unspecified atom stereocenters. The van der Waals surface area contributed by atoms with Gasteiger partial charge in [-0.3, -0.25) is 4.79 Å². The lowest BCUT2D eigenvalue weighted by Crippen LogP contribution is -2.41. The monoisotopic (exact) mass is 341 g/mol. The Hall–Kier alpha value is -2.18. The number of hydrogen-bond donors (Lipinski definition) is 1. The van der Waals surface area contributed by atoms with E-state index < -0.39 is 0 Å². The molecule has 2 aliphatic rings. The Morgan fingerprint density at radius 2 is 2.00 bits per heavy atom. The fourth-order valence-electron chi connectivity index (χ4n) is 3.25. The van der Waals surface area contributed by atoms with Crippen LogP contribution in [0.5, 0.6) is 5.75 Å². The van der Waals surface area contributed by atoms with Crippen LogP contribution in [0.3, 0.4) is 0 Å². The van der Waals surface area contributed by atoms with Crippen molar-refractivity contribution in [1.82, 2.24) is 15.1 Å². The van der Waals surface area contributed by atoms with Gasteiger partial charge in [-0.05, 0) is 36.6 Å². The van der Waals surface area contributed by atoms with Crippen molar-refractivity contribution in [3.8, 4) is 5.75 Å². The summed E-state index contributed by atoms with van der Waals surface area (Å²) in [5.74, 6) is 1.37. The number of ether oxygens (including phenoxy) is 2. The van der Waals surface area contributed by atoms with Gasteiger partial charge in [0.25, 0.3) is 5.56 Å². The van der Waals surface area contributed by atoms with Gasteiger partial charge >= 0.3 is 0 Å². The van der Waals surface area contributed by atoms with E-state index in [0.717, 1.165) is 11.4 Å². The molecule has 6 nitrogen and oxygen atoms in total. The summed E-state index contributed by atoms with van der Waals surface area (Å²) >= 11 is 0. The van der Waals surface area contributed by atoms with E-state index in [-0.39, 0.29) is 17.6 Å². The molecule has 1 aliphatic heterocycles. The van der Waals surface area contributed by atoms with Gasteiger partial charge in [0.05, 0.1) is 38.1 Å². The van der Waals surface area contributed by atoms with E-state index in [1.807, 2.05) is 30.3 Å². The van der Waals surface area contributed by atoms with E-state index in [1.54, 1.807) is 17.9 Å². The van der Waals surface area contributed by atoms with Crippen molar-refractivity contribution in [3.63, 3.8) is 0 Å². The molecule has 1 saturated heterocycles. The summed E-state index contributed by atoms with van der Waals surface area (Å²) in [6, 6.07) is 11.5. The lowest BCUT2D eigenvalue weighted by atomic mass is 10.1. The Kier molecular flexibility index (Phi) is 4.55. The fourth-order valence-corrected chi connectivity index (χ4v) is 3.25. The SMILES string of the molecule is COc1ccc(CNC2COCC2n2nc(C3CC3)ccc2=O)cc1. The van der Waals surface area contributed by atoms with Crippen molar-refractivity contribution >= 4 is 0 Å². The first-order valence-corrected chi connectivity index (χ1v) is 8.78. The standard InChI is InChI=1S/C19H23N3O3/c1-24-15-6-2-13(3-7-15)10-20-17-11-25-12-18(17)22-19(23)9-8-16(21-22)14-4-5-14/h2-3,6-9,14,17-18,20H,4-5,10-12H2,1H3. The zero-order chi connectivity index (χ0) is 17.2. The van der Waals surface area contributed by atoms with Gasteiger partial charge in [-0.15, -0.1) is 0 Å². The summed E-state index contributed by atoms with van der Waals surface area (Å²) in [5.41, 5.74) is 2.13. The minimum absolute atomic E-state index is 0.0591. The maximum atomic E-state index is 12.3. The zero-order valence-corrected chi connectivity index (χ0v) is 14.4. The Labute approximate surface area is 146 Å². The molecule has 1 N–H and O–H groups in total. The molecule has 1 aromatic carbocycles. The van der Waals surface area contributed by atoms with Gasteiger partial charge in [-0.1, -0.05) is 12.1 Å². The van der Waals surface area contributed by atoms with Crippen LogP contribution in [0, 0.1) is 0 Å². The van der Waals surface area contributed by atoms with Crippen molar-refractivity contribution in [1.29, 1.82) is 0 Å². The Morgan fingerprint density at radius 3 is 2.72 bits per heavy atom. The predicted molar refractivity (Wildman–Crippen MR) is 93.9 cm³/mol. The molecule has 6 heteroatoms. The van der Waals surface area contributed by atoms with E-state index >= 15 is 0 Å². The van der Waals surface area contributed by atoms with Crippen LogP contribution in [0.1, 0.15) is 36.1 Å². The molecule has 2 atom stereocenters. The van der Waals surface area contributed by atoms with Gasteiger partial charge in [-0.25, -0.2) is 4.68 Å². The van der Waals surface area contributed by atoms with Gasteiger partial charge in [0.1, 0.15) is 5.75 Å². The molecule has 2 heterocycles. The maximum absolute atomic E-state index is 12.3. The molecule has 132 valence electrons. The summed E-state index contributed by atoms with van der Waals surface area (Å²) < 4.78 is 12.4. The van der Waals surface area contributed by atoms with Crippen LogP contribution in [0.25, 0.3) is 0 Å². The molecule has 2 fully saturated rings. The van der Waals surface area contributed by atoms with Crippen LogP contribution in [0.15, 0.2) is 41.2 Å². The second kappa shape index (κ2) is 6.98. The van der Waals surface area contributed by atoms with Crippen molar-refractivity contribution in [2.45, 2.75) is 37.4 Å². The van der Waals surface area contributed by atoms with Gasteiger partial charge in [0.15, 0.2) is 0 Å². The fraction of sp³-hybridized carbons (Fsp3) is 0.474. The van der Waals surface area contributed by atoms with Crippen molar-refractivity contribution < 1.29 is 9.47 Å². The summed E-state index contributed by atoms with van der Waals surface area (Å²) in [5, 5.41) is 8.12. The third-order valence-corrected chi connectivity index (χ3v) is 4.93. The molecule has 1 aromatic heterocycles. The highest BCUT2D eigenvalue weighted by Gasteiger charge is 2.32. The third-order valence-electron chi connectivity index (χ3n) is 4.93. The van der Waals surface area contributed by atoms with Crippen LogP contribution in [-0.4, -0.2) is 36.1 Å². The van der Waals surface area contributed by atoms with Gasteiger partial charge in [0, 0.05) is 18.5 Å². The maximum Gasteiger partial charge on any atom is 0.267 e. The minimum atomic E-state index is -0.0653. The number of hydrogen-bond acceptors (Lipinski definition) is 5. The zero-order valence-electron chi connectivity index (χ0n) is 14.4. The van der Waals surface area contributed by atoms with Crippen LogP contribution < -0.4 is 15.6 Å². The molecule has 0 radical (unpaired) electrons. The Bertz CT molecular complexity index is 783. The molecular formula is C19H23N3O3. The van der Waals surface area contributed by atoms with Gasteiger partial charge in [0.2, 0.25) is 0 Å². The van der Waals surface area contributed by atoms with Crippen LogP contribution in [-0.2, 0) is 11.3 Å². The van der Waals surface area contributed by atoms with E-state index in [0.29, 0.717) is 25.7 Å². The number of benzene rings is 1. The topological polar surface area (TPSA) is 65.4 Å². The quantitative estimate of drug-likeness (QED) is 0.869. The Morgan fingerprint density at radius 1 is 1.20 bits per heavy atom. The van der Waals surface area contributed by atoms with Gasteiger partial charge in [-0.2, -0.15) is 5.10 Å². The number of nitrogens with one attached hydrogen (secondary N) is 1. The molecule has 25 heavy (non-hydrogen) atoms. The average Bonchev–Trinajstić information content (AvgIpc) is 3.39. The molecule has 4 rings (SSSR count). The lowest BCUT2D eigenvalue weighted by Gasteiger charge is -2.21. The van der Waals surface area contributed by atoms with E-state index in [9.17, 15) is 4.79 Å². The van der Waals surface area contributed by atoms with Crippen LogP contribution >= 0.6 is 0 Å². The third kappa shape index (κ3) is 3.60. The van der Waals surface area contributed by atoms with Crippen molar-refractivity contribution in [2.75, 3.05) is 20.3 Å². The molecule has 0 bridgehead atoms. The highest BCUT2D eigenvalue weighted by atomic mass is 16.5. The molecule has 0 amide bonds.